The maximum absolute atomic E-state index is 9.61. The first kappa shape index (κ1) is 11.9. The van der Waals surface area contributed by atoms with Gasteiger partial charge in [0.25, 0.3) is 0 Å². The Labute approximate surface area is 83.5 Å². The zero-order valence-corrected chi connectivity index (χ0v) is 8.50. The molecule has 1 aliphatic rings. The van der Waals surface area contributed by atoms with Gasteiger partial charge >= 0.3 is 0 Å². The molecule has 5 N–H and O–H groups in total. The first-order chi connectivity index (χ1) is 6.45. The van der Waals surface area contributed by atoms with Gasteiger partial charge in [0.1, 0.15) is 24.4 Å². The molecule has 1 saturated heterocycles. The van der Waals surface area contributed by atoms with Gasteiger partial charge in [0, 0.05) is 6.04 Å². The number of rotatable bonds is 2. The molecule has 1 aliphatic heterocycles. The molecule has 0 radical (unpaired) electrons. The number of ether oxygens (including phenoxy) is 1. The fourth-order valence-electron chi connectivity index (χ4n) is 1.55. The van der Waals surface area contributed by atoms with E-state index in [0.29, 0.717) is 0 Å². The van der Waals surface area contributed by atoms with Crippen LogP contribution in [0.15, 0.2) is 0 Å². The van der Waals surface area contributed by atoms with E-state index in [2.05, 4.69) is 0 Å². The fraction of sp³-hybridized carbons (Fsp3) is 1.00. The molecule has 5 unspecified atom stereocenters. The van der Waals surface area contributed by atoms with E-state index >= 15 is 0 Å². The van der Waals surface area contributed by atoms with Gasteiger partial charge in [-0.3, -0.25) is 0 Å². The average molecular weight is 205 g/mol. The number of hydrogen-bond acceptors (Lipinski definition) is 5. The van der Waals surface area contributed by atoms with Gasteiger partial charge in [-0.2, -0.15) is 0 Å². The molecule has 0 amide bonds. The summed E-state index contributed by atoms with van der Waals surface area (Å²) in [5, 5.41) is 28.2. The maximum Gasteiger partial charge on any atom is 0.111 e. The Morgan fingerprint density at radius 3 is 2.29 bits per heavy atom. The molecule has 1 fully saturated rings. The van der Waals surface area contributed by atoms with Crippen molar-refractivity contribution in [2.75, 3.05) is 6.61 Å². The molecule has 0 aliphatic carbocycles. The Morgan fingerprint density at radius 1 is 1.21 bits per heavy atom. The van der Waals surface area contributed by atoms with Crippen molar-refractivity contribution in [2.45, 2.75) is 44.3 Å². The van der Waals surface area contributed by atoms with Crippen LogP contribution in [0.4, 0.5) is 0 Å². The molecule has 84 valence electrons. The molecule has 1 heterocycles. The summed E-state index contributed by atoms with van der Waals surface area (Å²) in [6.45, 7) is 3.85. The van der Waals surface area contributed by atoms with Crippen molar-refractivity contribution < 1.29 is 20.1 Å². The van der Waals surface area contributed by atoms with E-state index in [9.17, 15) is 15.3 Å². The highest BCUT2D eigenvalue weighted by Crippen LogP contribution is 2.20. The quantitative estimate of drug-likeness (QED) is 0.438. The molecule has 0 spiro atoms. The first-order valence-corrected chi connectivity index (χ1v) is 4.86. The van der Waals surface area contributed by atoms with Crippen LogP contribution in [0.5, 0.6) is 0 Å². The fourth-order valence-corrected chi connectivity index (χ4v) is 1.55. The Balaban J connectivity index is 2.63. The summed E-state index contributed by atoms with van der Waals surface area (Å²) < 4.78 is 5.21. The Hall–Kier alpha value is -0.200. The monoisotopic (exact) mass is 205 g/mol. The van der Waals surface area contributed by atoms with Crippen LogP contribution in [-0.4, -0.2) is 52.4 Å². The van der Waals surface area contributed by atoms with Gasteiger partial charge in [0.15, 0.2) is 0 Å². The molecule has 0 aromatic carbocycles. The Morgan fingerprint density at radius 2 is 1.79 bits per heavy atom. The minimum Gasteiger partial charge on any atom is -0.388 e. The van der Waals surface area contributed by atoms with Gasteiger partial charge in [-0.15, -0.1) is 0 Å². The van der Waals surface area contributed by atoms with Crippen LogP contribution in [0, 0.1) is 5.92 Å². The number of aliphatic hydroxyl groups excluding tert-OH is 3. The molecule has 0 aromatic rings. The summed E-state index contributed by atoms with van der Waals surface area (Å²) in [5.74, 6) is 0.150. The van der Waals surface area contributed by atoms with E-state index in [4.69, 9.17) is 10.5 Å². The summed E-state index contributed by atoms with van der Waals surface area (Å²) in [6, 6.07) is -0.341. The lowest BCUT2D eigenvalue weighted by molar-refractivity contribution is -0.194. The normalized spacial score (nSPS) is 41.4. The molecular weight excluding hydrogens is 186 g/mol. The largest absolute Gasteiger partial charge is 0.388 e. The maximum atomic E-state index is 9.61. The third kappa shape index (κ3) is 2.24. The zero-order chi connectivity index (χ0) is 10.9. The van der Waals surface area contributed by atoms with Gasteiger partial charge < -0.3 is 25.8 Å². The predicted octanol–water partition coefficient (Wildman–Crippen LogP) is -1.55. The topological polar surface area (TPSA) is 95.9 Å². The summed E-state index contributed by atoms with van der Waals surface area (Å²) in [4.78, 5) is 0. The molecule has 1 rings (SSSR count). The predicted molar refractivity (Wildman–Crippen MR) is 50.6 cm³/mol. The summed E-state index contributed by atoms with van der Waals surface area (Å²) in [6.07, 6.45) is -3.91. The molecule has 5 nitrogen and oxygen atoms in total. The van der Waals surface area contributed by atoms with E-state index in [0.717, 1.165) is 0 Å². The number of hydrogen-bond donors (Lipinski definition) is 4. The Kier molecular flexibility index (Phi) is 3.86. The van der Waals surface area contributed by atoms with E-state index in [1.54, 1.807) is 0 Å². The van der Waals surface area contributed by atoms with Crippen LogP contribution in [0.3, 0.4) is 0 Å². The van der Waals surface area contributed by atoms with E-state index in [-0.39, 0.29) is 18.6 Å². The average Bonchev–Trinajstić information content (AvgIpc) is 2.13. The van der Waals surface area contributed by atoms with E-state index in [1.807, 2.05) is 13.8 Å². The molecule has 0 saturated carbocycles. The smallest absolute Gasteiger partial charge is 0.111 e. The second-order valence-electron chi connectivity index (χ2n) is 4.17. The van der Waals surface area contributed by atoms with Crippen molar-refractivity contribution >= 4 is 0 Å². The summed E-state index contributed by atoms with van der Waals surface area (Å²) >= 11 is 0. The van der Waals surface area contributed by atoms with Crippen LogP contribution in [0.2, 0.25) is 0 Å². The van der Waals surface area contributed by atoms with E-state index < -0.39 is 24.4 Å². The number of nitrogens with two attached hydrogens (primary N) is 1. The van der Waals surface area contributed by atoms with Crippen molar-refractivity contribution in [3.05, 3.63) is 0 Å². The lowest BCUT2D eigenvalue weighted by Gasteiger charge is -2.39. The number of aliphatic hydroxyl groups is 3. The molecule has 14 heavy (non-hydrogen) atoms. The summed E-state index contributed by atoms with van der Waals surface area (Å²) in [5.41, 5.74) is 5.81. The highest BCUT2D eigenvalue weighted by molar-refractivity contribution is 4.92. The minimum atomic E-state index is -1.17. The van der Waals surface area contributed by atoms with Crippen LogP contribution < -0.4 is 5.73 Å². The van der Waals surface area contributed by atoms with Crippen LogP contribution in [-0.2, 0) is 4.74 Å². The minimum absolute atomic E-state index is 0.0172. The lowest BCUT2D eigenvalue weighted by atomic mass is 9.90. The molecule has 5 heteroatoms. The first-order valence-electron chi connectivity index (χ1n) is 4.86. The second-order valence-corrected chi connectivity index (χ2v) is 4.17. The van der Waals surface area contributed by atoms with Gasteiger partial charge in [-0.05, 0) is 5.92 Å². The van der Waals surface area contributed by atoms with Crippen molar-refractivity contribution in [3.8, 4) is 0 Å². The van der Waals surface area contributed by atoms with Gasteiger partial charge in [0.2, 0.25) is 0 Å². The van der Waals surface area contributed by atoms with Gasteiger partial charge in [-0.1, -0.05) is 13.8 Å². The molecule has 5 atom stereocenters. The lowest BCUT2D eigenvalue weighted by Crippen LogP contribution is -2.59. The van der Waals surface area contributed by atoms with Gasteiger partial charge in [-0.25, -0.2) is 0 Å². The van der Waals surface area contributed by atoms with Crippen molar-refractivity contribution in [1.82, 2.24) is 0 Å². The summed E-state index contributed by atoms with van der Waals surface area (Å²) in [7, 11) is 0. The zero-order valence-electron chi connectivity index (χ0n) is 8.50. The van der Waals surface area contributed by atoms with Crippen molar-refractivity contribution in [1.29, 1.82) is 0 Å². The molecule has 0 bridgehead atoms. The third-order valence-corrected chi connectivity index (χ3v) is 2.69. The van der Waals surface area contributed by atoms with Crippen molar-refractivity contribution in [3.63, 3.8) is 0 Å². The van der Waals surface area contributed by atoms with Crippen LogP contribution >= 0.6 is 0 Å². The highest BCUT2D eigenvalue weighted by Gasteiger charge is 2.40. The highest BCUT2D eigenvalue weighted by atomic mass is 16.5. The Bertz CT molecular complexity index is 188. The van der Waals surface area contributed by atoms with Crippen LogP contribution in [0.1, 0.15) is 13.8 Å². The third-order valence-electron chi connectivity index (χ3n) is 2.69. The standard InChI is InChI=1S/C9H19NO4/c1-4(2)6(10)9-8(13)7(12)5(11)3-14-9/h4-9,11-13H,3,10H2,1-2H3. The van der Waals surface area contributed by atoms with Gasteiger partial charge in [0.05, 0.1) is 6.61 Å². The van der Waals surface area contributed by atoms with Crippen LogP contribution in [0.25, 0.3) is 0 Å². The molecule has 0 aromatic heterocycles. The molecular formula is C9H19NO4. The SMILES string of the molecule is CC(C)C(N)C1OCC(O)C(O)C1O. The second kappa shape index (κ2) is 4.55. The van der Waals surface area contributed by atoms with E-state index in [1.165, 1.54) is 0 Å². The van der Waals surface area contributed by atoms with Crippen molar-refractivity contribution in [2.24, 2.45) is 11.7 Å².